The van der Waals surface area contributed by atoms with Crippen LogP contribution in [0.15, 0.2) is 21.9 Å². The fourth-order valence-electron chi connectivity index (χ4n) is 2.44. The van der Waals surface area contributed by atoms with Crippen molar-refractivity contribution < 1.29 is 24.5 Å². The van der Waals surface area contributed by atoms with Crippen LogP contribution >= 0.6 is 12.6 Å². The Bertz CT molecular complexity index is 672. The Labute approximate surface area is 129 Å². The number of carbonyl (C=O) groups excluding carboxylic acids is 1. The average molecular weight is 332 g/mol. The molecule has 4 atom stereocenters. The second-order valence-electron chi connectivity index (χ2n) is 4.85. The maximum atomic E-state index is 12.0. The highest BCUT2D eigenvalue weighted by atomic mass is 32.1. The monoisotopic (exact) mass is 332 g/mol. The molecule has 0 spiro atoms. The van der Waals surface area contributed by atoms with Crippen LogP contribution < -0.4 is 11.2 Å². The average Bonchev–Trinajstić information content (AvgIpc) is 2.72. The smallest absolute Gasteiger partial charge is 0.330 e. The summed E-state index contributed by atoms with van der Waals surface area (Å²) in [6.07, 6.45) is -1.56. The van der Waals surface area contributed by atoms with Crippen LogP contribution in [-0.2, 0) is 20.0 Å². The number of aliphatic hydroxyl groups excluding tert-OH is 2. The van der Waals surface area contributed by atoms with Crippen LogP contribution in [0, 0.1) is 0 Å². The number of aromatic amines is 1. The third-order valence-electron chi connectivity index (χ3n) is 3.56. The maximum absolute atomic E-state index is 12.0. The van der Waals surface area contributed by atoms with Crippen LogP contribution in [0.3, 0.4) is 0 Å². The third kappa shape index (κ3) is 2.70. The fraction of sp³-hybridized carbons (Fsp3) is 0.583. The van der Waals surface area contributed by atoms with Crippen molar-refractivity contribution in [3.63, 3.8) is 0 Å². The van der Waals surface area contributed by atoms with E-state index in [1.807, 2.05) is 4.98 Å². The molecule has 10 heteroatoms. The zero-order chi connectivity index (χ0) is 16.5. The van der Waals surface area contributed by atoms with E-state index in [1.165, 1.54) is 0 Å². The molecule has 0 saturated carbocycles. The minimum atomic E-state index is -1.69. The van der Waals surface area contributed by atoms with Crippen LogP contribution in [0.2, 0.25) is 0 Å². The lowest BCUT2D eigenvalue weighted by Crippen LogP contribution is -2.50. The third-order valence-corrected chi connectivity index (χ3v) is 4.27. The van der Waals surface area contributed by atoms with Crippen molar-refractivity contribution in [1.82, 2.24) is 9.55 Å². The molecule has 1 aromatic heterocycles. The molecule has 0 amide bonds. The Kier molecular flexibility index (Phi) is 4.75. The summed E-state index contributed by atoms with van der Waals surface area (Å²) in [6, 6.07) is 1.07. The standard InChI is InChI=1S/C12H16N2O7S/c1-20-8(17)4-12(10(22)9(18)6(5-15)21-12)14-3-2-7(16)13-11(14)19/h2-3,6,9-10,15,18,22H,4-5H2,1H3,(H,13,16,19)/t6-,9-,10-,12-/m1/s1. The Morgan fingerprint density at radius 3 is 2.77 bits per heavy atom. The number of aromatic nitrogens is 2. The molecule has 1 aliphatic rings. The first-order valence-corrected chi connectivity index (χ1v) is 6.91. The molecule has 0 aromatic carbocycles. The van der Waals surface area contributed by atoms with Gasteiger partial charge in [-0.05, 0) is 0 Å². The van der Waals surface area contributed by atoms with Gasteiger partial charge in [0.15, 0.2) is 5.72 Å². The first-order chi connectivity index (χ1) is 10.4. The zero-order valence-corrected chi connectivity index (χ0v) is 12.5. The number of nitrogens with one attached hydrogen (secondary N) is 1. The topological polar surface area (TPSA) is 131 Å². The predicted molar refractivity (Wildman–Crippen MR) is 76.7 cm³/mol. The summed E-state index contributed by atoms with van der Waals surface area (Å²) in [5.41, 5.74) is -3.15. The zero-order valence-electron chi connectivity index (χ0n) is 11.6. The highest BCUT2D eigenvalue weighted by molar-refractivity contribution is 7.81. The van der Waals surface area contributed by atoms with Crippen molar-refractivity contribution in [1.29, 1.82) is 0 Å². The van der Waals surface area contributed by atoms with Gasteiger partial charge >= 0.3 is 11.7 Å². The quantitative estimate of drug-likeness (QED) is 0.364. The van der Waals surface area contributed by atoms with Gasteiger partial charge in [-0.1, -0.05) is 0 Å². The van der Waals surface area contributed by atoms with Gasteiger partial charge in [-0.15, -0.1) is 0 Å². The highest BCUT2D eigenvalue weighted by Gasteiger charge is 2.56. The summed E-state index contributed by atoms with van der Waals surface area (Å²) in [7, 11) is 1.16. The fourth-order valence-corrected chi connectivity index (χ4v) is 2.91. The molecular weight excluding hydrogens is 316 g/mol. The van der Waals surface area contributed by atoms with Crippen LogP contribution in [0.4, 0.5) is 0 Å². The van der Waals surface area contributed by atoms with Crippen molar-refractivity contribution in [3.8, 4) is 0 Å². The predicted octanol–water partition coefficient (Wildman–Crippen LogP) is -2.20. The van der Waals surface area contributed by atoms with Gasteiger partial charge in [0.2, 0.25) is 0 Å². The number of carbonyl (C=O) groups is 1. The van der Waals surface area contributed by atoms with E-state index in [0.717, 1.165) is 23.9 Å². The van der Waals surface area contributed by atoms with Gasteiger partial charge in [-0.3, -0.25) is 19.1 Å². The molecule has 2 heterocycles. The minimum Gasteiger partial charge on any atom is -0.469 e. The summed E-state index contributed by atoms with van der Waals surface area (Å²) in [4.78, 5) is 37.0. The summed E-state index contributed by atoms with van der Waals surface area (Å²) in [5, 5.41) is 18.3. The summed E-state index contributed by atoms with van der Waals surface area (Å²) >= 11 is 4.23. The largest absolute Gasteiger partial charge is 0.469 e. The SMILES string of the molecule is COC(=O)C[C@@]1(n2ccc(=O)[nH]c2=O)O[C@H](CO)[C@@H](O)[C@H]1S. The normalized spacial score (nSPS) is 31.2. The van der Waals surface area contributed by atoms with Gasteiger partial charge in [0.1, 0.15) is 6.10 Å². The molecule has 3 N–H and O–H groups in total. The van der Waals surface area contributed by atoms with Gasteiger partial charge in [0, 0.05) is 12.3 Å². The molecule has 0 bridgehead atoms. The molecule has 0 aliphatic carbocycles. The number of hydrogen-bond acceptors (Lipinski definition) is 8. The van der Waals surface area contributed by atoms with E-state index in [4.69, 9.17) is 4.74 Å². The van der Waals surface area contributed by atoms with E-state index >= 15 is 0 Å². The Balaban J connectivity index is 2.58. The molecular formula is C12H16N2O7S. The molecule has 1 fully saturated rings. The minimum absolute atomic E-state index is 0.433. The number of thiol groups is 1. The molecule has 1 saturated heterocycles. The molecule has 0 radical (unpaired) electrons. The molecule has 0 unspecified atom stereocenters. The second kappa shape index (κ2) is 6.24. The maximum Gasteiger partial charge on any atom is 0.330 e. The lowest BCUT2D eigenvalue weighted by Gasteiger charge is -2.33. The van der Waals surface area contributed by atoms with E-state index in [9.17, 15) is 24.6 Å². The first kappa shape index (κ1) is 16.7. The van der Waals surface area contributed by atoms with Crippen molar-refractivity contribution in [2.75, 3.05) is 13.7 Å². The Morgan fingerprint density at radius 2 is 2.27 bits per heavy atom. The van der Waals surface area contributed by atoms with E-state index in [0.29, 0.717) is 0 Å². The molecule has 1 aliphatic heterocycles. The number of esters is 1. The van der Waals surface area contributed by atoms with E-state index in [-0.39, 0.29) is 0 Å². The van der Waals surface area contributed by atoms with Crippen LogP contribution in [-0.4, -0.2) is 56.9 Å². The van der Waals surface area contributed by atoms with Crippen LogP contribution in [0.1, 0.15) is 6.42 Å². The number of ether oxygens (including phenoxy) is 2. The van der Waals surface area contributed by atoms with Gasteiger partial charge < -0.3 is 19.7 Å². The number of hydrogen-bond donors (Lipinski definition) is 4. The van der Waals surface area contributed by atoms with Gasteiger partial charge in [-0.2, -0.15) is 12.6 Å². The van der Waals surface area contributed by atoms with E-state index in [1.54, 1.807) is 0 Å². The van der Waals surface area contributed by atoms with Crippen LogP contribution in [0.5, 0.6) is 0 Å². The van der Waals surface area contributed by atoms with Crippen molar-refractivity contribution in [2.24, 2.45) is 0 Å². The van der Waals surface area contributed by atoms with Gasteiger partial charge in [0.05, 0.1) is 31.5 Å². The second-order valence-corrected chi connectivity index (χ2v) is 5.41. The summed E-state index contributed by atoms with van der Waals surface area (Å²) in [5.74, 6) is -0.706. The van der Waals surface area contributed by atoms with Gasteiger partial charge in [-0.25, -0.2) is 4.79 Å². The van der Waals surface area contributed by atoms with Gasteiger partial charge in [0.25, 0.3) is 5.56 Å². The Morgan fingerprint density at radius 1 is 1.59 bits per heavy atom. The van der Waals surface area contributed by atoms with Crippen molar-refractivity contribution in [2.45, 2.75) is 29.6 Å². The van der Waals surface area contributed by atoms with Crippen LogP contribution in [0.25, 0.3) is 0 Å². The number of nitrogens with zero attached hydrogens (tertiary/aromatic N) is 1. The highest BCUT2D eigenvalue weighted by Crippen LogP contribution is 2.40. The number of rotatable bonds is 4. The summed E-state index contributed by atoms with van der Waals surface area (Å²) < 4.78 is 11.1. The lowest BCUT2D eigenvalue weighted by atomic mass is 10.0. The van der Waals surface area contributed by atoms with Crippen molar-refractivity contribution in [3.05, 3.63) is 33.1 Å². The van der Waals surface area contributed by atoms with Crippen molar-refractivity contribution >= 4 is 18.6 Å². The molecule has 122 valence electrons. The number of methoxy groups -OCH3 is 1. The lowest BCUT2D eigenvalue weighted by molar-refractivity contribution is -0.160. The molecule has 9 nitrogen and oxygen atoms in total. The van der Waals surface area contributed by atoms with E-state index < -0.39 is 53.4 Å². The summed E-state index contributed by atoms with van der Waals surface area (Å²) in [6.45, 7) is -0.529. The molecule has 22 heavy (non-hydrogen) atoms. The van der Waals surface area contributed by atoms with E-state index in [2.05, 4.69) is 17.4 Å². The Hall–Kier alpha value is -1.62. The number of aliphatic hydroxyl groups is 2. The molecule has 1 aromatic rings. The first-order valence-electron chi connectivity index (χ1n) is 6.40. The number of H-pyrrole nitrogens is 1. The molecule has 2 rings (SSSR count).